The Morgan fingerprint density at radius 1 is 1.24 bits per heavy atom. The van der Waals surface area contributed by atoms with Crippen LogP contribution in [0.5, 0.6) is 0 Å². The lowest BCUT2D eigenvalue weighted by Crippen LogP contribution is -2.41. The Labute approximate surface area is 180 Å². The van der Waals surface area contributed by atoms with Crippen molar-refractivity contribution in [2.24, 2.45) is 0 Å². The summed E-state index contributed by atoms with van der Waals surface area (Å²) in [5.74, 6) is -0.386. The van der Waals surface area contributed by atoms with Gasteiger partial charge in [-0.15, -0.1) is 11.3 Å². The number of benzene rings is 1. The maximum absolute atomic E-state index is 13.3. The molecule has 0 atom stereocenters. The smallest absolute Gasteiger partial charge is 0.264 e. The van der Waals surface area contributed by atoms with Gasteiger partial charge in [-0.25, -0.2) is 0 Å². The van der Waals surface area contributed by atoms with Crippen molar-refractivity contribution in [1.29, 1.82) is 5.26 Å². The van der Waals surface area contributed by atoms with Crippen molar-refractivity contribution in [3.63, 3.8) is 0 Å². The van der Waals surface area contributed by atoms with Crippen molar-refractivity contribution in [3.05, 3.63) is 50.9 Å². The third-order valence-electron chi connectivity index (χ3n) is 5.40. The van der Waals surface area contributed by atoms with Crippen molar-refractivity contribution in [1.82, 2.24) is 4.90 Å². The Balaban J connectivity index is 1.86. The lowest BCUT2D eigenvalue weighted by atomic mass is 9.94. The standard InChI is InChI=1S/C22H24ClN3O2S/c1-3-26(17-7-5-4-6-8-17)22(28)19-14(2)18(13-24)21(29-19)25-20(27)15-9-11-16(23)12-10-15/h9-12,17H,3-8H2,1-2H3,(H,25,27). The average Bonchev–Trinajstić information content (AvgIpc) is 3.04. The van der Waals surface area contributed by atoms with Gasteiger partial charge in [0.1, 0.15) is 11.1 Å². The molecule has 1 aliphatic rings. The largest absolute Gasteiger partial charge is 0.335 e. The predicted octanol–water partition coefficient (Wildman–Crippen LogP) is 5.63. The number of carbonyl (C=O) groups excluding carboxylic acids is 2. The summed E-state index contributed by atoms with van der Waals surface area (Å²) in [4.78, 5) is 28.3. The van der Waals surface area contributed by atoms with Crippen LogP contribution in [0.15, 0.2) is 24.3 Å². The highest BCUT2D eigenvalue weighted by molar-refractivity contribution is 7.18. The molecule has 1 fully saturated rings. The first kappa shape index (κ1) is 21.4. The summed E-state index contributed by atoms with van der Waals surface area (Å²) >= 11 is 7.06. The summed E-state index contributed by atoms with van der Waals surface area (Å²) in [5, 5.41) is 13.4. The van der Waals surface area contributed by atoms with Gasteiger partial charge in [0.2, 0.25) is 0 Å². The van der Waals surface area contributed by atoms with E-state index in [4.69, 9.17) is 11.6 Å². The average molecular weight is 430 g/mol. The van der Waals surface area contributed by atoms with Crippen molar-refractivity contribution < 1.29 is 9.59 Å². The Bertz CT molecular complexity index is 940. The summed E-state index contributed by atoms with van der Waals surface area (Å²) in [6, 6.07) is 8.92. The highest BCUT2D eigenvalue weighted by atomic mass is 35.5. The molecule has 1 saturated carbocycles. The van der Waals surface area contributed by atoms with Gasteiger partial charge in [0.25, 0.3) is 11.8 Å². The van der Waals surface area contributed by atoms with Crippen molar-refractivity contribution >= 4 is 39.8 Å². The number of rotatable bonds is 5. The van der Waals surface area contributed by atoms with Gasteiger partial charge in [0.15, 0.2) is 0 Å². The molecule has 0 unspecified atom stereocenters. The van der Waals surface area contributed by atoms with Crippen LogP contribution < -0.4 is 5.32 Å². The second-order valence-corrected chi connectivity index (χ2v) is 8.67. The number of amides is 2. The zero-order chi connectivity index (χ0) is 21.0. The molecule has 1 N–H and O–H groups in total. The molecule has 1 aliphatic carbocycles. The minimum absolute atomic E-state index is 0.0506. The third kappa shape index (κ3) is 4.63. The molecule has 1 heterocycles. The summed E-state index contributed by atoms with van der Waals surface area (Å²) in [7, 11) is 0. The molecule has 2 aromatic rings. The van der Waals surface area contributed by atoms with Gasteiger partial charge in [-0.05, 0) is 56.5 Å². The highest BCUT2D eigenvalue weighted by Crippen LogP contribution is 2.35. The van der Waals surface area contributed by atoms with E-state index in [1.54, 1.807) is 31.2 Å². The summed E-state index contributed by atoms with van der Waals surface area (Å²) < 4.78 is 0. The minimum Gasteiger partial charge on any atom is -0.335 e. The van der Waals surface area contributed by atoms with Gasteiger partial charge in [-0.3, -0.25) is 9.59 Å². The minimum atomic E-state index is -0.335. The van der Waals surface area contributed by atoms with Crippen LogP contribution in [-0.4, -0.2) is 29.3 Å². The summed E-state index contributed by atoms with van der Waals surface area (Å²) in [6.07, 6.45) is 5.55. The van der Waals surface area contributed by atoms with Gasteiger partial charge in [0, 0.05) is 23.2 Å². The van der Waals surface area contributed by atoms with Crippen LogP contribution in [-0.2, 0) is 0 Å². The maximum atomic E-state index is 13.3. The van der Waals surface area contributed by atoms with Crippen molar-refractivity contribution in [2.75, 3.05) is 11.9 Å². The van der Waals surface area contributed by atoms with Crippen LogP contribution in [0.25, 0.3) is 0 Å². The molecular formula is C22H24ClN3O2S. The van der Waals surface area contributed by atoms with E-state index in [-0.39, 0.29) is 17.9 Å². The molecule has 3 rings (SSSR count). The molecule has 7 heteroatoms. The number of nitrogens with one attached hydrogen (secondary N) is 1. The fourth-order valence-corrected chi connectivity index (χ4v) is 5.04. The summed E-state index contributed by atoms with van der Waals surface area (Å²) in [6.45, 7) is 4.40. The van der Waals surface area contributed by atoms with Crippen molar-refractivity contribution in [2.45, 2.75) is 52.0 Å². The van der Waals surface area contributed by atoms with Gasteiger partial charge >= 0.3 is 0 Å². The van der Waals surface area contributed by atoms with Gasteiger partial charge in [-0.1, -0.05) is 30.9 Å². The summed E-state index contributed by atoms with van der Waals surface area (Å²) in [5.41, 5.74) is 1.41. The monoisotopic (exact) mass is 429 g/mol. The Kier molecular flexibility index (Phi) is 6.94. The number of thiophene rings is 1. The first-order chi connectivity index (χ1) is 14.0. The van der Waals surface area contributed by atoms with Crippen LogP contribution in [0.3, 0.4) is 0 Å². The topological polar surface area (TPSA) is 73.2 Å². The van der Waals surface area contributed by atoms with Crippen LogP contribution in [0.1, 0.15) is 70.2 Å². The quantitative estimate of drug-likeness (QED) is 0.669. The molecular weight excluding hydrogens is 406 g/mol. The number of halogens is 1. The van der Waals surface area contributed by atoms with E-state index in [0.717, 1.165) is 25.7 Å². The lowest BCUT2D eigenvalue weighted by Gasteiger charge is -2.33. The van der Waals surface area contributed by atoms with Gasteiger partial charge in [-0.2, -0.15) is 5.26 Å². The normalized spacial score (nSPS) is 14.3. The molecule has 29 heavy (non-hydrogen) atoms. The molecule has 152 valence electrons. The SMILES string of the molecule is CCN(C(=O)c1sc(NC(=O)c2ccc(Cl)cc2)c(C#N)c1C)C1CCCCC1. The first-order valence-electron chi connectivity index (χ1n) is 9.87. The molecule has 2 amide bonds. The zero-order valence-electron chi connectivity index (χ0n) is 16.6. The fourth-order valence-electron chi connectivity index (χ4n) is 3.81. The highest BCUT2D eigenvalue weighted by Gasteiger charge is 2.29. The number of hydrogen-bond donors (Lipinski definition) is 1. The molecule has 5 nitrogen and oxygen atoms in total. The van der Waals surface area contributed by atoms with E-state index in [1.807, 2.05) is 11.8 Å². The molecule has 0 aliphatic heterocycles. The van der Waals surface area contributed by atoms with Crippen LogP contribution in [0, 0.1) is 18.3 Å². The molecule has 0 radical (unpaired) electrons. The predicted molar refractivity (Wildman–Crippen MR) is 117 cm³/mol. The van der Waals surface area contributed by atoms with Gasteiger partial charge in [0.05, 0.1) is 10.4 Å². The van der Waals surface area contributed by atoms with Crippen LogP contribution in [0.4, 0.5) is 5.00 Å². The van der Waals surface area contributed by atoms with Crippen LogP contribution in [0.2, 0.25) is 5.02 Å². The van der Waals surface area contributed by atoms with E-state index in [1.165, 1.54) is 17.8 Å². The third-order valence-corrected chi connectivity index (χ3v) is 6.85. The van der Waals surface area contributed by atoms with Gasteiger partial charge < -0.3 is 10.2 Å². The van der Waals surface area contributed by atoms with E-state index in [9.17, 15) is 14.9 Å². The zero-order valence-corrected chi connectivity index (χ0v) is 18.2. The Morgan fingerprint density at radius 2 is 1.90 bits per heavy atom. The number of nitrogens with zero attached hydrogens (tertiary/aromatic N) is 2. The van der Waals surface area contributed by atoms with E-state index in [2.05, 4.69) is 11.4 Å². The Hall–Kier alpha value is -2.36. The Morgan fingerprint density at radius 3 is 2.48 bits per heavy atom. The molecule has 0 saturated heterocycles. The molecule has 0 spiro atoms. The number of hydrogen-bond acceptors (Lipinski definition) is 4. The van der Waals surface area contributed by atoms with Crippen LogP contribution >= 0.6 is 22.9 Å². The number of nitriles is 1. The van der Waals surface area contributed by atoms with E-state index >= 15 is 0 Å². The molecule has 1 aromatic heterocycles. The second kappa shape index (κ2) is 9.43. The van der Waals surface area contributed by atoms with Crippen molar-refractivity contribution in [3.8, 4) is 6.07 Å². The van der Waals surface area contributed by atoms with E-state index < -0.39 is 0 Å². The molecule has 1 aromatic carbocycles. The van der Waals surface area contributed by atoms with E-state index in [0.29, 0.717) is 38.1 Å². The second-order valence-electron chi connectivity index (χ2n) is 7.22. The fraction of sp³-hybridized carbons (Fsp3) is 0.409. The lowest BCUT2D eigenvalue weighted by molar-refractivity contribution is 0.0652. The maximum Gasteiger partial charge on any atom is 0.264 e. The number of carbonyl (C=O) groups is 2. The number of anilines is 1. The molecule has 0 bridgehead atoms. The first-order valence-corrected chi connectivity index (χ1v) is 11.1.